The van der Waals surface area contributed by atoms with Gasteiger partial charge in [-0.1, -0.05) is 6.07 Å². The predicted octanol–water partition coefficient (Wildman–Crippen LogP) is -1.52. The molecule has 1 aromatic rings. The molecular weight excluding hydrogens is 414 g/mol. The van der Waals surface area contributed by atoms with E-state index in [2.05, 4.69) is 5.32 Å². The minimum atomic E-state index is -4.19. The molecule has 0 saturated carbocycles. The fourth-order valence-electron chi connectivity index (χ4n) is 4.20. The minimum absolute atomic E-state index is 0.144. The van der Waals surface area contributed by atoms with Gasteiger partial charge in [-0.25, -0.2) is 25.3 Å². The van der Waals surface area contributed by atoms with Crippen molar-refractivity contribution in [2.75, 3.05) is 23.0 Å². The standard InChI is InChI=1S/C15H17N3O6S3/c16-5-10-2-1-3-11(4-10)27(23,24)18-14-8-25(19,20)6-12(14)17-13-7-26(21,22)9-15(13)18/h1-4,12-15,17H,6-9H2/t12-,13+,14-,15-/m1/s1. The Hall–Kier alpha value is -1.52. The lowest BCUT2D eigenvalue weighted by molar-refractivity contribution is 0.160. The van der Waals surface area contributed by atoms with Gasteiger partial charge in [-0.15, -0.1) is 0 Å². The lowest BCUT2D eigenvalue weighted by Gasteiger charge is -2.43. The highest BCUT2D eigenvalue weighted by atomic mass is 32.2. The molecule has 3 aliphatic heterocycles. The van der Waals surface area contributed by atoms with Crippen molar-refractivity contribution in [1.29, 1.82) is 5.26 Å². The van der Waals surface area contributed by atoms with Crippen LogP contribution in [0.25, 0.3) is 0 Å². The monoisotopic (exact) mass is 431 g/mol. The highest BCUT2D eigenvalue weighted by Crippen LogP contribution is 2.36. The molecule has 3 aliphatic rings. The zero-order chi connectivity index (χ0) is 19.6. The molecule has 27 heavy (non-hydrogen) atoms. The van der Waals surface area contributed by atoms with Gasteiger partial charge in [0.1, 0.15) is 0 Å². The maximum absolute atomic E-state index is 13.4. The van der Waals surface area contributed by atoms with Gasteiger partial charge in [0.25, 0.3) is 0 Å². The molecular formula is C15H17N3O6S3. The summed E-state index contributed by atoms with van der Waals surface area (Å²) in [5, 5.41) is 12.1. The van der Waals surface area contributed by atoms with Crippen LogP contribution in [0.2, 0.25) is 0 Å². The van der Waals surface area contributed by atoms with E-state index in [9.17, 15) is 25.3 Å². The molecule has 4 rings (SSSR count). The number of nitrogens with one attached hydrogen (secondary N) is 1. The molecule has 1 aromatic carbocycles. The maximum Gasteiger partial charge on any atom is 0.243 e. The number of piperazine rings is 1. The van der Waals surface area contributed by atoms with Crippen LogP contribution < -0.4 is 5.32 Å². The van der Waals surface area contributed by atoms with Crippen molar-refractivity contribution in [2.24, 2.45) is 0 Å². The number of fused-ring (bicyclic) bond motifs is 2. The van der Waals surface area contributed by atoms with Crippen LogP contribution in [0.4, 0.5) is 0 Å². The summed E-state index contributed by atoms with van der Waals surface area (Å²) in [5.41, 5.74) is 0.150. The highest BCUT2D eigenvalue weighted by molar-refractivity contribution is 7.92. The van der Waals surface area contributed by atoms with Gasteiger partial charge in [-0.2, -0.15) is 9.57 Å². The Balaban J connectivity index is 1.84. The number of sulfone groups is 2. The normalized spacial score (nSPS) is 34.5. The largest absolute Gasteiger partial charge is 0.306 e. The van der Waals surface area contributed by atoms with E-state index in [1.54, 1.807) is 0 Å². The third-order valence-corrected chi connectivity index (χ3v) is 10.6. The molecule has 3 heterocycles. The third-order valence-electron chi connectivity index (χ3n) is 5.27. The average Bonchev–Trinajstić information content (AvgIpc) is 3.04. The van der Waals surface area contributed by atoms with Crippen molar-refractivity contribution in [3.8, 4) is 6.07 Å². The highest BCUT2D eigenvalue weighted by Gasteiger charge is 2.57. The smallest absolute Gasteiger partial charge is 0.243 e. The van der Waals surface area contributed by atoms with Crippen molar-refractivity contribution in [1.82, 2.24) is 9.62 Å². The second-order valence-corrected chi connectivity index (χ2v) is 13.3. The van der Waals surface area contributed by atoms with E-state index in [1.807, 2.05) is 6.07 Å². The first-order valence-corrected chi connectivity index (χ1v) is 13.3. The molecule has 0 aromatic heterocycles. The minimum Gasteiger partial charge on any atom is -0.306 e. The predicted molar refractivity (Wildman–Crippen MR) is 95.8 cm³/mol. The quantitative estimate of drug-likeness (QED) is 0.595. The third kappa shape index (κ3) is 3.17. The summed E-state index contributed by atoms with van der Waals surface area (Å²) < 4.78 is 76.3. The molecule has 1 N–H and O–H groups in total. The van der Waals surface area contributed by atoms with E-state index in [0.717, 1.165) is 4.31 Å². The van der Waals surface area contributed by atoms with E-state index in [-0.39, 0.29) is 33.5 Å². The zero-order valence-corrected chi connectivity index (χ0v) is 16.5. The average molecular weight is 432 g/mol. The van der Waals surface area contributed by atoms with E-state index in [1.165, 1.54) is 24.3 Å². The molecule has 12 heteroatoms. The topological polar surface area (TPSA) is 141 Å². The molecule has 9 nitrogen and oxygen atoms in total. The molecule has 146 valence electrons. The summed E-state index contributed by atoms with van der Waals surface area (Å²) in [6, 6.07) is 4.25. The lowest BCUT2D eigenvalue weighted by Crippen LogP contribution is -2.67. The molecule has 0 bridgehead atoms. The number of sulfonamides is 1. The van der Waals surface area contributed by atoms with Gasteiger partial charge < -0.3 is 5.32 Å². The SMILES string of the molecule is N#Cc1cccc(S(=O)(=O)N2[C@@H]3CS(=O)(=O)C[C@@H]3N[C@@H]3CS(=O)(=O)C[C@H]32)c1. The first kappa shape index (κ1) is 18.8. The van der Waals surface area contributed by atoms with Crippen molar-refractivity contribution in [3.63, 3.8) is 0 Å². The van der Waals surface area contributed by atoms with E-state index in [0.29, 0.717) is 0 Å². The van der Waals surface area contributed by atoms with Gasteiger partial charge in [0.05, 0.1) is 51.6 Å². The van der Waals surface area contributed by atoms with Crippen LogP contribution in [0.1, 0.15) is 5.56 Å². The number of hydrogen-bond donors (Lipinski definition) is 1. The molecule has 0 amide bonds. The van der Waals surface area contributed by atoms with Gasteiger partial charge in [0, 0.05) is 12.1 Å². The summed E-state index contributed by atoms with van der Waals surface area (Å²) >= 11 is 0. The Morgan fingerprint density at radius 1 is 1.00 bits per heavy atom. The van der Waals surface area contributed by atoms with Gasteiger partial charge >= 0.3 is 0 Å². The second kappa shape index (κ2) is 5.99. The van der Waals surface area contributed by atoms with E-state index < -0.39 is 53.9 Å². The van der Waals surface area contributed by atoms with Crippen molar-refractivity contribution in [3.05, 3.63) is 29.8 Å². The summed E-state index contributed by atoms with van der Waals surface area (Å²) in [6.07, 6.45) is 0. The van der Waals surface area contributed by atoms with E-state index >= 15 is 0 Å². The first-order valence-electron chi connectivity index (χ1n) is 8.23. The number of nitrogens with zero attached hydrogens (tertiary/aromatic N) is 2. The maximum atomic E-state index is 13.4. The Kier molecular flexibility index (Phi) is 4.17. The van der Waals surface area contributed by atoms with Gasteiger partial charge in [0.2, 0.25) is 10.0 Å². The van der Waals surface area contributed by atoms with Crippen molar-refractivity contribution in [2.45, 2.75) is 29.1 Å². The Morgan fingerprint density at radius 2 is 1.56 bits per heavy atom. The Bertz CT molecular complexity index is 1110. The fraction of sp³-hybridized carbons (Fsp3) is 0.533. The molecule has 0 aliphatic carbocycles. The molecule has 0 unspecified atom stereocenters. The number of hydrogen-bond acceptors (Lipinski definition) is 8. The van der Waals surface area contributed by atoms with Crippen LogP contribution in [0.5, 0.6) is 0 Å². The molecule has 0 radical (unpaired) electrons. The van der Waals surface area contributed by atoms with Gasteiger partial charge in [-0.3, -0.25) is 0 Å². The van der Waals surface area contributed by atoms with Crippen LogP contribution in [-0.4, -0.2) is 76.7 Å². The van der Waals surface area contributed by atoms with Crippen molar-refractivity contribution < 1.29 is 25.3 Å². The van der Waals surface area contributed by atoms with E-state index in [4.69, 9.17) is 5.26 Å². The number of benzene rings is 1. The summed E-state index contributed by atoms with van der Waals surface area (Å²) in [5.74, 6) is -1.17. The van der Waals surface area contributed by atoms with Crippen LogP contribution in [-0.2, 0) is 29.7 Å². The second-order valence-electron chi connectivity index (χ2n) is 7.14. The Morgan fingerprint density at radius 3 is 2.07 bits per heavy atom. The lowest BCUT2D eigenvalue weighted by atomic mass is 10.0. The Labute approximate surface area is 157 Å². The molecule has 3 fully saturated rings. The first-order chi connectivity index (χ1) is 12.5. The molecule has 3 saturated heterocycles. The molecule has 4 atom stereocenters. The summed E-state index contributed by atoms with van der Waals surface area (Å²) in [7, 11) is -11.1. The van der Waals surface area contributed by atoms with Crippen molar-refractivity contribution >= 4 is 29.7 Å². The van der Waals surface area contributed by atoms with Crippen LogP contribution in [0, 0.1) is 11.3 Å². The molecule has 0 spiro atoms. The zero-order valence-electron chi connectivity index (χ0n) is 14.0. The fourth-order valence-corrected chi connectivity index (χ4v) is 10.1. The summed E-state index contributed by atoms with van der Waals surface area (Å²) in [6.45, 7) is 0. The number of rotatable bonds is 2. The van der Waals surface area contributed by atoms with Crippen LogP contribution >= 0.6 is 0 Å². The van der Waals surface area contributed by atoms with Crippen LogP contribution in [0.15, 0.2) is 29.2 Å². The van der Waals surface area contributed by atoms with Gasteiger partial charge in [-0.05, 0) is 18.2 Å². The number of nitriles is 1. The summed E-state index contributed by atoms with van der Waals surface area (Å²) in [4.78, 5) is -0.144. The van der Waals surface area contributed by atoms with Crippen LogP contribution in [0.3, 0.4) is 0 Å². The van der Waals surface area contributed by atoms with Gasteiger partial charge in [0.15, 0.2) is 19.7 Å².